The van der Waals surface area contributed by atoms with E-state index >= 15 is 0 Å². The van der Waals surface area contributed by atoms with E-state index in [1.807, 2.05) is 11.8 Å². The van der Waals surface area contributed by atoms with Crippen molar-refractivity contribution in [1.29, 1.82) is 0 Å². The summed E-state index contributed by atoms with van der Waals surface area (Å²) in [6.07, 6.45) is 0. The number of rotatable bonds is 2. The number of hydrogen-bond donors (Lipinski definition) is 1. The number of para-hydroxylation sites is 1. The SMILES string of the molecule is c1ccc2c(c1)SC1NC(c3ccc4ccccc4c3)=NC(n3c4ccccc4c4c5c6ccc7ccccc7c6oc5c5ccccc5c43)=C21. The van der Waals surface area contributed by atoms with Crippen LogP contribution in [0.4, 0.5) is 0 Å². The van der Waals surface area contributed by atoms with Crippen LogP contribution in [0, 0.1) is 0 Å². The molecule has 8 aromatic carbocycles. The van der Waals surface area contributed by atoms with E-state index in [1.165, 1.54) is 43.0 Å². The summed E-state index contributed by atoms with van der Waals surface area (Å²) in [5, 5.41) is 15.5. The number of thioether (sulfide) groups is 1. The van der Waals surface area contributed by atoms with Gasteiger partial charge in [0.2, 0.25) is 0 Å². The molecule has 4 nitrogen and oxygen atoms in total. The van der Waals surface area contributed by atoms with E-state index < -0.39 is 0 Å². The van der Waals surface area contributed by atoms with Crippen LogP contribution < -0.4 is 5.32 Å². The highest BCUT2D eigenvalue weighted by atomic mass is 32.2. The van der Waals surface area contributed by atoms with E-state index in [9.17, 15) is 0 Å². The van der Waals surface area contributed by atoms with Crippen molar-refractivity contribution in [1.82, 2.24) is 9.88 Å². The third-order valence-corrected chi connectivity index (χ3v) is 12.0. The molecule has 238 valence electrons. The fraction of sp³-hybridized carbons (Fsp3) is 0.0217. The molecule has 0 spiro atoms. The van der Waals surface area contributed by atoms with E-state index in [0.717, 1.165) is 66.4 Å². The Labute approximate surface area is 296 Å². The lowest BCUT2D eigenvalue weighted by atomic mass is 9.98. The number of aliphatic imine (C=N–C) groups is 1. The number of nitrogens with one attached hydrogen (secondary N) is 1. The Bertz CT molecular complexity index is 3220. The van der Waals surface area contributed by atoms with Crippen molar-refractivity contribution in [2.45, 2.75) is 10.3 Å². The lowest BCUT2D eigenvalue weighted by molar-refractivity contribution is 0.676. The highest BCUT2D eigenvalue weighted by Crippen LogP contribution is 2.51. The Morgan fingerprint density at radius 3 is 2.18 bits per heavy atom. The second-order valence-corrected chi connectivity index (χ2v) is 14.6. The third-order valence-electron chi connectivity index (χ3n) is 10.8. The number of benzene rings is 8. The first-order valence-electron chi connectivity index (χ1n) is 17.3. The summed E-state index contributed by atoms with van der Waals surface area (Å²) in [5.41, 5.74) is 7.63. The molecule has 2 aliphatic rings. The van der Waals surface area contributed by atoms with Crippen molar-refractivity contribution in [2.75, 3.05) is 0 Å². The van der Waals surface area contributed by atoms with E-state index in [-0.39, 0.29) is 5.37 Å². The first-order chi connectivity index (χ1) is 25.3. The van der Waals surface area contributed by atoms with Gasteiger partial charge in [-0.25, -0.2) is 4.99 Å². The van der Waals surface area contributed by atoms with Gasteiger partial charge in [0, 0.05) is 53.7 Å². The van der Waals surface area contributed by atoms with Crippen molar-refractivity contribution < 1.29 is 4.42 Å². The molecule has 51 heavy (non-hydrogen) atoms. The minimum Gasteiger partial charge on any atom is -0.455 e. The highest BCUT2D eigenvalue weighted by molar-refractivity contribution is 8.00. The van der Waals surface area contributed by atoms with Crippen molar-refractivity contribution in [3.8, 4) is 0 Å². The lowest BCUT2D eigenvalue weighted by Gasteiger charge is -2.26. The number of hydrogen-bond acceptors (Lipinski definition) is 4. The van der Waals surface area contributed by atoms with Gasteiger partial charge in [0.15, 0.2) is 0 Å². The minimum atomic E-state index is 0.00342. The molecule has 0 bridgehead atoms. The molecular formula is C46H27N3OS. The van der Waals surface area contributed by atoms with Crippen molar-refractivity contribution >= 4 is 105 Å². The fourth-order valence-electron chi connectivity index (χ4n) is 8.55. The molecule has 0 saturated heterocycles. The smallest absolute Gasteiger partial charge is 0.146 e. The van der Waals surface area contributed by atoms with E-state index in [0.29, 0.717) is 0 Å². The Morgan fingerprint density at radius 2 is 1.27 bits per heavy atom. The molecular weight excluding hydrogens is 643 g/mol. The maximum Gasteiger partial charge on any atom is 0.146 e. The first kappa shape index (κ1) is 27.5. The average Bonchev–Trinajstić information content (AvgIpc) is 3.87. The maximum absolute atomic E-state index is 6.95. The van der Waals surface area contributed by atoms with Gasteiger partial charge in [-0.15, -0.1) is 0 Å². The van der Waals surface area contributed by atoms with E-state index in [2.05, 4.69) is 162 Å². The molecule has 2 aliphatic heterocycles. The van der Waals surface area contributed by atoms with Gasteiger partial charge >= 0.3 is 0 Å². The molecule has 0 saturated carbocycles. The van der Waals surface area contributed by atoms with Crippen molar-refractivity contribution in [3.63, 3.8) is 0 Å². The molecule has 10 aromatic rings. The number of aromatic nitrogens is 1. The van der Waals surface area contributed by atoms with Crippen molar-refractivity contribution in [3.05, 3.63) is 163 Å². The fourth-order valence-corrected chi connectivity index (χ4v) is 9.79. The van der Waals surface area contributed by atoms with Gasteiger partial charge in [-0.05, 0) is 46.0 Å². The molecule has 0 radical (unpaired) electrons. The Balaban J connectivity index is 1.27. The number of nitrogens with zero attached hydrogens (tertiary/aromatic N) is 2. The zero-order valence-electron chi connectivity index (χ0n) is 27.2. The van der Waals surface area contributed by atoms with Crippen molar-refractivity contribution in [2.24, 2.45) is 4.99 Å². The van der Waals surface area contributed by atoms with Crippen LogP contribution in [0.25, 0.3) is 87.5 Å². The predicted molar refractivity (Wildman–Crippen MR) is 215 cm³/mol. The molecule has 4 heterocycles. The van der Waals surface area contributed by atoms with Gasteiger partial charge in [0.1, 0.15) is 28.2 Å². The van der Waals surface area contributed by atoms with Gasteiger partial charge in [-0.1, -0.05) is 139 Å². The molecule has 2 aromatic heterocycles. The van der Waals surface area contributed by atoms with Crippen LogP contribution in [0.5, 0.6) is 0 Å². The molecule has 12 rings (SSSR count). The number of amidine groups is 1. The standard InChI is InChI=1S/C46H27N3OS/c1-2-13-28-25-29(22-21-26(28)11-1)44-47-45(40-34-18-8-10-20-37(34)51-46(40)48-44)49-36-19-9-7-17-33(36)38-39-35-24-23-27-12-3-4-14-30(27)42(35)50-43(39)32-16-6-5-15-31(32)41(38)49/h1-25,46H,(H,47,48). The summed E-state index contributed by atoms with van der Waals surface area (Å²) in [7, 11) is 0. The topological polar surface area (TPSA) is 42.5 Å². The van der Waals surface area contributed by atoms with E-state index in [4.69, 9.17) is 9.41 Å². The second kappa shape index (κ2) is 10.1. The highest BCUT2D eigenvalue weighted by Gasteiger charge is 2.36. The molecule has 1 unspecified atom stereocenters. The monoisotopic (exact) mass is 669 g/mol. The van der Waals surface area contributed by atoms with E-state index in [1.54, 1.807) is 0 Å². The summed E-state index contributed by atoms with van der Waals surface area (Å²) in [5.74, 6) is 1.83. The van der Waals surface area contributed by atoms with Crippen LogP contribution in [0.1, 0.15) is 11.1 Å². The largest absolute Gasteiger partial charge is 0.455 e. The molecule has 0 fully saturated rings. The zero-order chi connectivity index (χ0) is 33.2. The maximum atomic E-state index is 6.95. The normalized spacial score (nSPS) is 15.8. The number of fused-ring (bicyclic) bond motifs is 16. The molecule has 1 N–H and O–H groups in total. The van der Waals surface area contributed by atoms with Crippen LogP contribution >= 0.6 is 11.8 Å². The van der Waals surface area contributed by atoms with Crippen LogP contribution in [0.3, 0.4) is 0 Å². The van der Waals surface area contributed by atoms with Gasteiger partial charge in [-0.2, -0.15) is 0 Å². The Kier molecular flexibility index (Phi) is 5.46. The zero-order valence-corrected chi connectivity index (χ0v) is 28.0. The average molecular weight is 670 g/mol. The van der Waals surface area contributed by atoms with Crippen LogP contribution in [0.2, 0.25) is 0 Å². The summed E-state index contributed by atoms with van der Waals surface area (Å²) < 4.78 is 9.40. The predicted octanol–water partition coefficient (Wildman–Crippen LogP) is 12.0. The third kappa shape index (κ3) is 3.73. The Morgan fingerprint density at radius 1 is 0.569 bits per heavy atom. The van der Waals surface area contributed by atoms with Gasteiger partial charge in [-0.3, -0.25) is 4.57 Å². The number of furan rings is 1. The van der Waals surface area contributed by atoms with Gasteiger partial charge < -0.3 is 9.73 Å². The second-order valence-electron chi connectivity index (χ2n) is 13.5. The molecule has 1 atom stereocenters. The molecule has 0 aliphatic carbocycles. The quantitative estimate of drug-likeness (QED) is 0.199. The molecule has 0 amide bonds. The summed E-state index contributed by atoms with van der Waals surface area (Å²) >= 11 is 1.87. The summed E-state index contributed by atoms with van der Waals surface area (Å²) in [6.45, 7) is 0. The summed E-state index contributed by atoms with van der Waals surface area (Å²) in [6, 6.07) is 54.4. The Hall–Kier alpha value is -6.30. The van der Waals surface area contributed by atoms with Crippen LogP contribution in [0.15, 0.2) is 166 Å². The van der Waals surface area contributed by atoms with Gasteiger partial charge in [0.05, 0.1) is 11.0 Å². The summed E-state index contributed by atoms with van der Waals surface area (Å²) in [4.78, 5) is 6.89. The van der Waals surface area contributed by atoms with Crippen LogP contribution in [-0.2, 0) is 0 Å². The minimum absolute atomic E-state index is 0.00342. The lowest BCUT2D eigenvalue weighted by Crippen LogP contribution is -2.36. The van der Waals surface area contributed by atoms with Crippen LogP contribution in [-0.4, -0.2) is 15.8 Å². The molecule has 5 heteroatoms. The first-order valence-corrected chi connectivity index (χ1v) is 18.2. The van der Waals surface area contributed by atoms with Gasteiger partial charge in [0.25, 0.3) is 0 Å².